The molecule has 0 radical (unpaired) electrons. The summed E-state index contributed by atoms with van der Waals surface area (Å²) in [5.41, 5.74) is 4.69. The summed E-state index contributed by atoms with van der Waals surface area (Å²) in [7, 11) is 0. The highest BCUT2D eigenvalue weighted by Gasteiger charge is 2.23. The largest absolute Gasteiger partial charge is 0.364 e. The van der Waals surface area contributed by atoms with Crippen LogP contribution in [-0.2, 0) is 17.8 Å². The molecule has 0 saturated heterocycles. The van der Waals surface area contributed by atoms with Crippen molar-refractivity contribution in [3.63, 3.8) is 0 Å². The number of carbonyl (C=O) groups is 1. The number of anilines is 2. The van der Waals surface area contributed by atoms with Crippen molar-refractivity contribution in [2.24, 2.45) is 0 Å². The van der Waals surface area contributed by atoms with E-state index in [4.69, 9.17) is 23.2 Å². The highest BCUT2D eigenvalue weighted by Crippen LogP contribution is 2.31. The van der Waals surface area contributed by atoms with Crippen molar-refractivity contribution >= 4 is 40.5 Å². The molecule has 30 heavy (non-hydrogen) atoms. The first-order chi connectivity index (χ1) is 14.3. The quantitative estimate of drug-likeness (QED) is 0.653. The van der Waals surface area contributed by atoms with Gasteiger partial charge in [0.15, 0.2) is 0 Å². The number of rotatable bonds is 3. The van der Waals surface area contributed by atoms with Crippen molar-refractivity contribution in [2.75, 3.05) is 16.8 Å². The molecule has 0 fully saturated rings. The number of benzene rings is 2. The van der Waals surface area contributed by atoms with E-state index < -0.39 is 5.56 Å². The number of aromatic nitrogens is 2. The minimum Gasteiger partial charge on any atom is -0.364 e. The van der Waals surface area contributed by atoms with E-state index in [1.54, 1.807) is 18.3 Å². The summed E-state index contributed by atoms with van der Waals surface area (Å²) in [5.74, 6) is -0.0992. The number of carbonyl (C=O) groups excluding carboxylic acids is 1. The minimum atomic E-state index is -0.396. The van der Waals surface area contributed by atoms with Gasteiger partial charge in [0.1, 0.15) is 5.02 Å². The molecule has 0 saturated carbocycles. The van der Waals surface area contributed by atoms with Crippen molar-refractivity contribution in [3.8, 4) is 5.69 Å². The number of aryl methyl sites for hydroxylation is 1. The Hall–Kier alpha value is -2.83. The normalized spacial score (nSPS) is 13.1. The van der Waals surface area contributed by atoms with Gasteiger partial charge in [0.05, 0.1) is 17.6 Å². The second-order valence-electron chi connectivity index (χ2n) is 7.29. The molecule has 2 heterocycles. The smallest absolute Gasteiger partial charge is 0.292 e. The van der Waals surface area contributed by atoms with Crippen LogP contribution >= 0.6 is 23.2 Å². The van der Waals surface area contributed by atoms with E-state index >= 15 is 0 Å². The Morgan fingerprint density at radius 3 is 2.73 bits per heavy atom. The Morgan fingerprint density at radius 2 is 2.00 bits per heavy atom. The van der Waals surface area contributed by atoms with Crippen LogP contribution in [0.15, 0.2) is 47.4 Å². The van der Waals surface area contributed by atoms with Crippen LogP contribution < -0.4 is 15.8 Å². The van der Waals surface area contributed by atoms with Crippen molar-refractivity contribution in [3.05, 3.63) is 79.7 Å². The first-order valence-corrected chi connectivity index (χ1v) is 10.3. The lowest BCUT2D eigenvalue weighted by Crippen LogP contribution is -2.33. The zero-order valence-electron chi connectivity index (χ0n) is 16.6. The van der Waals surface area contributed by atoms with Crippen LogP contribution in [0.25, 0.3) is 5.69 Å². The van der Waals surface area contributed by atoms with Gasteiger partial charge < -0.3 is 10.2 Å². The number of halogens is 2. The Balaban J connectivity index is 1.66. The Morgan fingerprint density at radius 1 is 1.20 bits per heavy atom. The lowest BCUT2D eigenvalue weighted by molar-refractivity contribution is -0.114. The molecule has 0 aliphatic carbocycles. The van der Waals surface area contributed by atoms with Crippen molar-refractivity contribution in [2.45, 2.75) is 26.8 Å². The van der Waals surface area contributed by atoms with Gasteiger partial charge in [-0.2, -0.15) is 9.78 Å². The molecule has 4 rings (SSSR count). The summed E-state index contributed by atoms with van der Waals surface area (Å²) in [6.45, 7) is 4.62. The Labute approximate surface area is 184 Å². The molecule has 1 N–H and O–H groups in total. The first-order valence-electron chi connectivity index (χ1n) is 9.53. The Kier molecular flexibility index (Phi) is 5.54. The number of fused-ring (bicyclic) bond motifs is 1. The number of nitrogens with zero attached hydrogens (tertiary/aromatic N) is 3. The summed E-state index contributed by atoms with van der Waals surface area (Å²) in [6, 6.07) is 11.1. The first kappa shape index (κ1) is 20.4. The minimum absolute atomic E-state index is 0.0992. The third-order valence-electron chi connectivity index (χ3n) is 5.22. The fourth-order valence-corrected chi connectivity index (χ4v) is 4.09. The van der Waals surface area contributed by atoms with Crippen LogP contribution in [0.5, 0.6) is 0 Å². The third kappa shape index (κ3) is 3.80. The van der Waals surface area contributed by atoms with Gasteiger partial charge in [-0.1, -0.05) is 41.4 Å². The molecule has 8 heteroatoms. The maximum absolute atomic E-state index is 12.9. The van der Waals surface area contributed by atoms with Crippen LogP contribution in [0, 0.1) is 6.92 Å². The van der Waals surface area contributed by atoms with Gasteiger partial charge in [0.25, 0.3) is 5.56 Å². The standard InChI is InChI=1S/C22H20Cl2N4O2/c1-13-6-7-16(10-18(13)23)28-22(30)21(24)20(11-25-28)27-9-8-17-15(12-27)4-3-5-19(17)26-14(2)29/h3-7,10-11H,8-9,12H2,1-2H3,(H,26,29). The van der Waals surface area contributed by atoms with Gasteiger partial charge in [0, 0.05) is 30.7 Å². The number of nitrogens with one attached hydrogen (secondary N) is 1. The Bertz CT molecular complexity index is 1210. The SMILES string of the molecule is CC(=O)Nc1cccc2c1CCN(c1cnn(-c3ccc(C)c(Cl)c3)c(=O)c1Cl)C2. The van der Waals surface area contributed by atoms with E-state index in [0.29, 0.717) is 29.5 Å². The predicted molar refractivity (Wildman–Crippen MR) is 120 cm³/mol. The van der Waals surface area contributed by atoms with Gasteiger partial charge in [-0.05, 0) is 48.2 Å². The molecule has 0 atom stereocenters. The average molecular weight is 443 g/mol. The van der Waals surface area contributed by atoms with Gasteiger partial charge in [-0.3, -0.25) is 9.59 Å². The summed E-state index contributed by atoms with van der Waals surface area (Å²) in [4.78, 5) is 26.4. The topological polar surface area (TPSA) is 67.2 Å². The van der Waals surface area contributed by atoms with Gasteiger partial charge >= 0.3 is 0 Å². The van der Waals surface area contributed by atoms with Crippen molar-refractivity contribution in [1.29, 1.82) is 0 Å². The van der Waals surface area contributed by atoms with Crippen molar-refractivity contribution in [1.82, 2.24) is 9.78 Å². The molecule has 0 unspecified atom stereocenters. The lowest BCUT2D eigenvalue weighted by atomic mass is 9.97. The second kappa shape index (κ2) is 8.13. The maximum atomic E-state index is 12.9. The summed E-state index contributed by atoms with van der Waals surface area (Å²) >= 11 is 12.7. The van der Waals surface area contributed by atoms with Crippen LogP contribution in [0.4, 0.5) is 11.4 Å². The lowest BCUT2D eigenvalue weighted by Gasteiger charge is -2.32. The summed E-state index contributed by atoms with van der Waals surface area (Å²) in [5, 5.41) is 7.89. The van der Waals surface area contributed by atoms with E-state index in [-0.39, 0.29) is 10.9 Å². The number of hydrogen-bond donors (Lipinski definition) is 1. The fraction of sp³-hybridized carbons (Fsp3) is 0.227. The molecular weight excluding hydrogens is 423 g/mol. The fourth-order valence-electron chi connectivity index (χ4n) is 3.66. The van der Waals surface area contributed by atoms with Gasteiger partial charge in [-0.25, -0.2) is 0 Å². The molecule has 0 spiro atoms. The predicted octanol–water partition coefficient (Wildman–Crippen LogP) is 4.37. The summed E-state index contributed by atoms with van der Waals surface area (Å²) < 4.78 is 1.25. The highest BCUT2D eigenvalue weighted by atomic mass is 35.5. The summed E-state index contributed by atoms with van der Waals surface area (Å²) in [6.07, 6.45) is 2.33. The zero-order valence-corrected chi connectivity index (χ0v) is 18.1. The van der Waals surface area contributed by atoms with Crippen LogP contribution in [-0.4, -0.2) is 22.2 Å². The molecule has 3 aromatic rings. The number of hydrogen-bond acceptors (Lipinski definition) is 4. The third-order valence-corrected chi connectivity index (χ3v) is 5.98. The van der Waals surface area contributed by atoms with E-state index in [2.05, 4.69) is 10.4 Å². The van der Waals surface area contributed by atoms with Crippen LogP contribution in [0.2, 0.25) is 10.0 Å². The molecule has 154 valence electrons. The molecule has 0 bridgehead atoms. The van der Waals surface area contributed by atoms with Gasteiger partial charge in [-0.15, -0.1) is 0 Å². The molecule has 1 aromatic heterocycles. The van der Waals surface area contributed by atoms with E-state index in [0.717, 1.165) is 28.8 Å². The van der Waals surface area contributed by atoms with E-state index in [9.17, 15) is 9.59 Å². The second-order valence-corrected chi connectivity index (χ2v) is 8.08. The molecule has 2 aromatic carbocycles. The molecule has 1 aliphatic rings. The molecule has 6 nitrogen and oxygen atoms in total. The molecule has 1 amide bonds. The monoisotopic (exact) mass is 442 g/mol. The average Bonchev–Trinajstić information content (AvgIpc) is 2.71. The highest BCUT2D eigenvalue weighted by molar-refractivity contribution is 6.33. The molecule has 1 aliphatic heterocycles. The van der Waals surface area contributed by atoms with Crippen LogP contribution in [0.3, 0.4) is 0 Å². The maximum Gasteiger partial charge on any atom is 0.292 e. The van der Waals surface area contributed by atoms with E-state index in [1.807, 2.05) is 36.1 Å². The van der Waals surface area contributed by atoms with Crippen LogP contribution in [0.1, 0.15) is 23.6 Å². The van der Waals surface area contributed by atoms with E-state index in [1.165, 1.54) is 11.6 Å². The van der Waals surface area contributed by atoms with Gasteiger partial charge in [0.2, 0.25) is 5.91 Å². The zero-order chi connectivity index (χ0) is 21.4. The van der Waals surface area contributed by atoms with Crippen molar-refractivity contribution < 1.29 is 4.79 Å². The molecular formula is C22H20Cl2N4O2. The number of amides is 1.